The van der Waals surface area contributed by atoms with Crippen molar-refractivity contribution in [1.29, 1.82) is 0 Å². The molecule has 1 unspecified atom stereocenters. The zero-order valence-electron chi connectivity index (χ0n) is 9.01. The summed E-state index contributed by atoms with van der Waals surface area (Å²) in [6.07, 6.45) is 2.84. The average Bonchev–Trinajstić information content (AvgIpc) is 2.19. The molecule has 0 aliphatic carbocycles. The highest BCUT2D eigenvalue weighted by Crippen LogP contribution is 2.17. The first kappa shape index (κ1) is 11.9. The third kappa shape index (κ3) is 3.17. The van der Waals surface area contributed by atoms with E-state index >= 15 is 0 Å². The summed E-state index contributed by atoms with van der Waals surface area (Å²) in [6, 6.07) is 0.346. The third-order valence-corrected chi connectivity index (χ3v) is 3.86. The van der Waals surface area contributed by atoms with Crippen LogP contribution in [0.25, 0.3) is 0 Å². The highest BCUT2D eigenvalue weighted by molar-refractivity contribution is 7.99. The van der Waals surface area contributed by atoms with E-state index in [1.54, 1.807) is 6.92 Å². The van der Waals surface area contributed by atoms with Gasteiger partial charge in [0.05, 0.1) is 5.54 Å². The van der Waals surface area contributed by atoms with Crippen LogP contribution in [-0.4, -0.2) is 29.0 Å². The Hall–Kier alpha value is -0.220. The molecule has 0 spiro atoms. The van der Waals surface area contributed by atoms with Crippen LogP contribution in [0.3, 0.4) is 0 Å². The molecule has 1 rings (SSSR count). The van der Waals surface area contributed by atoms with Gasteiger partial charge in [-0.1, -0.05) is 6.92 Å². The monoisotopic (exact) mass is 216 g/mol. The summed E-state index contributed by atoms with van der Waals surface area (Å²) < 4.78 is 0. The number of carbonyl (C=O) groups excluding carboxylic acids is 1. The molecule has 0 saturated carbocycles. The number of thioether (sulfide) groups is 1. The average molecular weight is 216 g/mol. The summed E-state index contributed by atoms with van der Waals surface area (Å²) >= 11 is 1.96. The smallest absolute Gasteiger partial charge is 0.240 e. The quantitative estimate of drug-likeness (QED) is 0.743. The third-order valence-electron chi connectivity index (χ3n) is 2.81. The minimum absolute atomic E-state index is 0.00287. The minimum atomic E-state index is -0.704. The summed E-state index contributed by atoms with van der Waals surface area (Å²) in [4.78, 5) is 11.7. The van der Waals surface area contributed by atoms with Gasteiger partial charge in [-0.2, -0.15) is 11.8 Å². The summed E-state index contributed by atoms with van der Waals surface area (Å²) in [5.74, 6) is 2.30. The number of amides is 1. The van der Waals surface area contributed by atoms with Gasteiger partial charge in [-0.15, -0.1) is 0 Å². The Morgan fingerprint density at radius 3 is 2.64 bits per heavy atom. The molecule has 1 saturated heterocycles. The molecule has 1 aliphatic heterocycles. The Labute approximate surface area is 90.2 Å². The Kier molecular flexibility index (Phi) is 4.26. The molecule has 0 bridgehead atoms. The van der Waals surface area contributed by atoms with Crippen LogP contribution in [0, 0.1) is 0 Å². The van der Waals surface area contributed by atoms with Gasteiger partial charge < -0.3 is 11.1 Å². The van der Waals surface area contributed by atoms with Crippen molar-refractivity contribution in [2.75, 3.05) is 11.5 Å². The van der Waals surface area contributed by atoms with E-state index in [4.69, 9.17) is 5.73 Å². The van der Waals surface area contributed by atoms with Crippen molar-refractivity contribution in [3.63, 3.8) is 0 Å². The maximum atomic E-state index is 11.7. The van der Waals surface area contributed by atoms with E-state index in [0.717, 1.165) is 24.3 Å². The van der Waals surface area contributed by atoms with Crippen molar-refractivity contribution in [3.8, 4) is 0 Å². The van der Waals surface area contributed by atoms with E-state index in [9.17, 15) is 4.79 Å². The van der Waals surface area contributed by atoms with Crippen molar-refractivity contribution in [3.05, 3.63) is 0 Å². The lowest BCUT2D eigenvalue weighted by Gasteiger charge is -2.28. The standard InChI is InChI=1S/C10H20N2OS/c1-3-10(2,11)9(13)12-8-4-6-14-7-5-8/h8H,3-7,11H2,1-2H3,(H,12,13). The van der Waals surface area contributed by atoms with Gasteiger partial charge in [0.15, 0.2) is 0 Å². The lowest BCUT2D eigenvalue weighted by atomic mass is 9.98. The molecule has 1 fully saturated rings. The Morgan fingerprint density at radius 1 is 1.57 bits per heavy atom. The van der Waals surface area contributed by atoms with Crippen LogP contribution in [0.2, 0.25) is 0 Å². The summed E-state index contributed by atoms with van der Waals surface area (Å²) in [5.41, 5.74) is 5.16. The van der Waals surface area contributed by atoms with E-state index in [0.29, 0.717) is 12.5 Å². The van der Waals surface area contributed by atoms with Crippen molar-refractivity contribution in [2.45, 2.75) is 44.7 Å². The van der Waals surface area contributed by atoms with Crippen LogP contribution in [0.4, 0.5) is 0 Å². The minimum Gasteiger partial charge on any atom is -0.352 e. The fraction of sp³-hybridized carbons (Fsp3) is 0.900. The largest absolute Gasteiger partial charge is 0.352 e. The fourth-order valence-electron chi connectivity index (χ4n) is 1.35. The van der Waals surface area contributed by atoms with Gasteiger partial charge in [0.1, 0.15) is 0 Å². The number of rotatable bonds is 3. The first-order valence-corrected chi connectivity index (χ1v) is 6.39. The van der Waals surface area contributed by atoms with Crippen LogP contribution in [0.15, 0.2) is 0 Å². The normalized spacial score (nSPS) is 22.8. The molecular formula is C10H20N2OS. The van der Waals surface area contributed by atoms with Crippen LogP contribution in [0.1, 0.15) is 33.1 Å². The summed E-state index contributed by atoms with van der Waals surface area (Å²) in [5, 5.41) is 3.03. The molecule has 1 heterocycles. The number of hydrogen-bond donors (Lipinski definition) is 2. The Bertz CT molecular complexity index is 200. The number of nitrogens with one attached hydrogen (secondary N) is 1. The van der Waals surface area contributed by atoms with E-state index in [-0.39, 0.29) is 5.91 Å². The first-order valence-electron chi connectivity index (χ1n) is 5.24. The van der Waals surface area contributed by atoms with Gasteiger partial charge in [-0.25, -0.2) is 0 Å². The van der Waals surface area contributed by atoms with Gasteiger partial charge in [0, 0.05) is 6.04 Å². The van der Waals surface area contributed by atoms with Crippen molar-refractivity contribution in [2.24, 2.45) is 5.73 Å². The molecule has 1 amide bonds. The topological polar surface area (TPSA) is 55.1 Å². The van der Waals surface area contributed by atoms with E-state index in [1.165, 1.54) is 0 Å². The second-order valence-corrected chi connectivity index (χ2v) is 5.36. The van der Waals surface area contributed by atoms with Gasteiger partial charge in [0.2, 0.25) is 5.91 Å². The van der Waals surface area contributed by atoms with Crippen molar-refractivity contribution >= 4 is 17.7 Å². The zero-order valence-corrected chi connectivity index (χ0v) is 9.82. The van der Waals surface area contributed by atoms with Crippen LogP contribution >= 0.6 is 11.8 Å². The molecule has 3 nitrogen and oxygen atoms in total. The lowest BCUT2D eigenvalue weighted by Crippen LogP contribution is -2.54. The van der Waals surface area contributed by atoms with Gasteiger partial charge >= 0.3 is 0 Å². The number of nitrogens with two attached hydrogens (primary N) is 1. The van der Waals surface area contributed by atoms with Gasteiger partial charge in [0.25, 0.3) is 0 Å². The number of carbonyl (C=O) groups is 1. The molecule has 0 aromatic heterocycles. The first-order chi connectivity index (χ1) is 6.56. The van der Waals surface area contributed by atoms with Crippen LogP contribution < -0.4 is 11.1 Å². The molecule has 0 aromatic rings. The molecule has 3 N–H and O–H groups in total. The van der Waals surface area contributed by atoms with Crippen molar-refractivity contribution in [1.82, 2.24) is 5.32 Å². The molecule has 4 heteroatoms. The maximum Gasteiger partial charge on any atom is 0.240 e. The van der Waals surface area contributed by atoms with Crippen LogP contribution in [-0.2, 0) is 4.79 Å². The SMILES string of the molecule is CCC(C)(N)C(=O)NC1CCSCC1. The predicted molar refractivity (Wildman–Crippen MR) is 61.4 cm³/mol. The fourth-order valence-corrected chi connectivity index (χ4v) is 2.46. The molecule has 1 aliphatic rings. The summed E-state index contributed by atoms with van der Waals surface area (Å²) in [7, 11) is 0. The van der Waals surface area contributed by atoms with Crippen LogP contribution in [0.5, 0.6) is 0 Å². The molecule has 1 atom stereocenters. The molecular weight excluding hydrogens is 196 g/mol. The van der Waals surface area contributed by atoms with Gasteiger partial charge in [-0.3, -0.25) is 4.79 Å². The van der Waals surface area contributed by atoms with E-state index in [1.807, 2.05) is 18.7 Å². The maximum absolute atomic E-state index is 11.7. The molecule has 82 valence electrons. The summed E-state index contributed by atoms with van der Waals surface area (Å²) in [6.45, 7) is 3.73. The molecule has 0 aromatic carbocycles. The second kappa shape index (κ2) is 5.03. The second-order valence-electron chi connectivity index (χ2n) is 4.13. The highest BCUT2D eigenvalue weighted by Gasteiger charge is 2.28. The Morgan fingerprint density at radius 2 is 2.14 bits per heavy atom. The Balaban J connectivity index is 2.39. The van der Waals surface area contributed by atoms with E-state index in [2.05, 4.69) is 5.32 Å². The van der Waals surface area contributed by atoms with E-state index < -0.39 is 5.54 Å². The predicted octanol–water partition coefficient (Wildman–Crippen LogP) is 1.13. The lowest BCUT2D eigenvalue weighted by molar-refractivity contribution is -0.126. The highest BCUT2D eigenvalue weighted by atomic mass is 32.2. The number of hydrogen-bond acceptors (Lipinski definition) is 3. The molecule has 14 heavy (non-hydrogen) atoms. The molecule has 0 radical (unpaired) electrons. The zero-order chi connectivity index (χ0) is 10.6. The van der Waals surface area contributed by atoms with Crippen molar-refractivity contribution < 1.29 is 4.79 Å². The van der Waals surface area contributed by atoms with Gasteiger partial charge in [-0.05, 0) is 37.7 Å².